The minimum Gasteiger partial charge on any atom is -0.481 e. The molecule has 0 bridgehead atoms. The molecule has 0 aliphatic heterocycles. The summed E-state index contributed by atoms with van der Waals surface area (Å²) in [5, 5.41) is 9.69. The number of carbonyl (C=O) groups is 1. The van der Waals surface area contributed by atoms with Crippen LogP contribution in [0.3, 0.4) is 0 Å². The standard InChI is InChI=1S/C15H26O2/c1-3-12-5-4-6-13(9-12)15(14(16)17)8-7-11(2)10-15/h11-13H,3-10H2,1-2H3,(H,16,17). The Morgan fingerprint density at radius 3 is 2.65 bits per heavy atom. The lowest BCUT2D eigenvalue weighted by Crippen LogP contribution is -2.39. The van der Waals surface area contributed by atoms with Crippen molar-refractivity contribution in [1.29, 1.82) is 0 Å². The highest BCUT2D eigenvalue weighted by Gasteiger charge is 2.50. The summed E-state index contributed by atoms with van der Waals surface area (Å²) in [6.07, 6.45) is 9.05. The highest BCUT2D eigenvalue weighted by atomic mass is 16.4. The fourth-order valence-electron chi connectivity index (χ4n) is 4.23. The fraction of sp³-hybridized carbons (Fsp3) is 0.933. The molecule has 1 N–H and O–H groups in total. The Labute approximate surface area is 105 Å². The van der Waals surface area contributed by atoms with Crippen LogP contribution in [0.5, 0.6) is 0 Å². The van der Waals surface area contributed by atoms with Crippen molar-refractivity contribution in [2.75, 3.05) is 0 Å². The molecule has 4 atom stereocenters. The predicted octanol–water partition coefficient (Wildman–Crippen LogP) is 4.09. The minimum absolute atomic E-state index is 0.368. The maximum atomic E-state index is 11.8. The molecular weight excluding hydrogens is 212 g/mol. The SMILES string of the molecule is CCC1CCCC(C2(C(=O)O)CCC(C)C2)C1. The number of hydrogen-bond acceptors (Lipinski definition) is 1. The van der Waals surface area contributed by atoms with Crippen LogP contribution >= 0.6 is 0 Å². The summed E-state index contributed by atoms with van der Waals surface area (Å²) >= 11 is 0. The molecule has 2 fully saturated rings. The first-order valence-corrected chi connectivity index (χ1v) is 7.32. The summed E-state index contributed by atoms with van der Waals surface area (Å²) < 4.78 is 0. The van der Waals surface area contributed by atoms with Crippen molar-refractivity contribution in [1.82, 2.24) is 0 Å². The molecule has 98 valence electrons. The summed E-state index contributed by atoms with van der Waals surface area (Å²) in [5.41, 5.74) is -0.368. The third kappa shape index (κ3) is 2.36. The summed E-state index contributed by atoms with van der Waals surface area (Å²) in [7, 11) is 0. The first kappa shape index (κ1) is 12.9. The molecule has 2 rings (SSSR count). The van der Waals surface area contributed by atoms with Gasteiger partial charge in [0.25, 0.3) is 0 Å². The lowest BCUT2D eigenvalue weighted by molar-refractivity contribution is -0.154. The van der Waals surface area contributed by atoms with Gasteiger partial charge in [0.1, 0.15) is 0 Å². The van der Waals surface area contributed by atoms with Crippen LogP contribution in [0.25, 0.3) is 0 Å². The van der Waals surface area contributed by atoms with E-state index >= 15 is 0 Å². The van der Waals surface area contributed by atoms with Crippen molar-refractivity contribution >= 4 is 5.97 Å². The maximum absolute atomic E-state index is 11.8. The van der Waals surface area contributed by atoms with Gasteiger partial charge >= 0.3 is 5.97 Å². The zero-order chi connectivity index (χ0) is 12.5. The van der Waals surface area contributed by atoms with Crippen LogP contribution < -0.4 is 0 Å². The highest BCUT2D eigenvalue weighted by Crippen LogP contribution is 2.52. The van der Waals surface area contributed by atoms with Gasteiger partial charge < -0.3 is 5.11 Å². The van der Waals surface area contributed by atoms with Crippen LogP contribution in [-0.2, 0) is 4.79 Å². The van der Waals surface area contributed by atoms with Gasteiger partial charge in [-0.15, -0.1) is 0 Å². The zero-order valence-corrected chi connectivity index (χ0v) is 11.2. The Bertz CT molecular complexity index is 287. The normalized spacial score (nSPS) is 42.6. The van der Waals surface area contributed by atoms with E-state index in [1.165, 1.54) is 19.3 Å². The van der Waals surface area contributed by atoms with E-state index in [1.54, 1.807) is 0 Å². The van der Waals surface area contributed by atoms with E-state index in [0.717, 1.165) is 38.0 Å². The van der Waals surface area contributed by atoms with E-state index in [-0.39, 0.29) is 5.41 Å². The van der Waals surface area contributed by atoms with Gasteiger partial charge in [-0.3, -0.25) is 4.79 Å². The molecule has 0 saturated heterocycles. The summed E-state index contributed by atoms with van der Waals surface area (Å²) in [6, 6.07) is 0. The van der Waals surface area contributed by atoms with Gasteiger partial charge in [0.2, 0.25) is 0 Å². The topological polar surface area (TPSA) is 37.3 Å². The Morgan fingerprint density at radius 2 is 2.12 bits per heavy atom. The van der Waals surface area contributed by atoms with E-state index in [0.29, 0.717) is 11.8 Å². The number of rotatable bonds is 3. The molecule has 0 heterocycles. The summed E-state index contributed by atoms with van der Waals surface area (Å²) in [5.74, 6) is 1.32. The van der Waals surface area contributed by atoms with Crippen molar-refractivity contribution < 1.29 is 9.90 Å². The molecule has 2 aliphatic carbocycles. The van der Waals surface area contributed by atoms with E-state index in [9.17, 15) is 9.90 Å². The molecule has 2 heteroatoms. The molecule has 2 nitrogen and oxygen atoms in total. The number of carboxylic acids is 1. The van der Waals surface area contributed by atoms with E-state index in [2.05, 4.69) is 13.8 Å². The van der Waals surface area contributed by atoms with Crippen LogP contribution in [-0.4, -0.2) is 11.1 Å². The molecular formula is C15H26O2. The van der Waals surface area contributed by atoms with Crippen molar-refractivity contribution in [3.63, 3.8) is 0 Å². The molecule has 0 spiro atoms. The van der Waals surface area contributed by atoms with Gasteiger partial charge in [-0.2, -0.15) is 0 Å². The monoisotopic (exact) mass is 238 g/mol. The van der Waals surface area contributed by atoms with Crippen LogP contribution in [0, 0.1) is 23.2 Å². The van der Waals surface area contributed by atoms with E-state index in [4.69, 9.17) is 0 Å². The van der Waals surface area contributed by atoms with Crippen molar-refractivity contribution in [3.8, 4) is 0 Å². The lowest BCUT2D eigenvalue weighted by Gasteiger charge is -2.39. The first-order valence-electron chi connectivity index (χ1n) is 7.32. The van der Waals surface area contributed by atoms with Gasteiger partial charge in [0, 0.05) is 0 Å². The Hall–Kier alpha value is -0.530. The number of aliphatic carboxylic acids is 1. The second kappa shape index (κ2) is 4.99. The number of hydrogen-bond donors (Lipinski definition) is 1. The first-order chi connectivity index (χ1) is 8.08. The molecule has 0 amide bonds. The average Bonchev–Trinajstić information content (AvgIpc) is 2.73. The molecule has 0 aromatic heterocycles. The van der Waals surface area contributed by atoms with Crippen molar-refractivity contribution in [3.05, 3.63) is 0 Å². The molecule has 0 aromatic rings. The summed E-state index contributed by atoms with van der Waals surface area (Å²) in [6.45, 7) is 4.46. The Balaban J connectivity index is 2.13. The third-order valence-electron chi connectivity index (χ3n) is 5.36. The van der Waals surface area contributed by atoms with Crippen LogP contribution in [0.2, 0.25) is 0 Å². The average molecular weight is 238 g/mol. The van der Waals surface area contributed by atoms with E-state index < -0.39 is 5.97 Å². The fourth-order valence-corrected chi connectivity index (χ4v) is 4.23. The second-order valence-corrected chi connectivity index (χ2v) is 6.45. The largest absolute Gasteiger partial charge is 0.481 e. The van der Waals surface area contributed by atoms with Gasteiger partial charge in [0.15, 0.2) is 0 Å². The second-order valence-electron chi connectivity index (χ2n) is 6.45. The Kier molecular flexibility index (Phi) is 3.79. The molecule has 2 saturated carbocycles. The van der Waals surface area contributed by atoms with Gasteiger partial charge in [-0.25, -0.2) is 0 Å². The van der Waals surface area contributed by atoms with Crippen LogP contribution in [0.4, 0.5) is 0 Å². The molecule has 17 heavy (non-hydrogen) atoms. The predicted molar refractivity (Wildman–Crippen MR) is 68.8 cm³/mol. The van der Waals surface area contributed by atoms with Gasteiger partial charge in [0.05, 0.1) is 5.41 Å². The van der Waals surface area contributed by atoms with Gasteiger partial charge in [-0.1, -0.05) is 33.1 Å². The zero-order valence-electron chi connectivity index (χ0n) is 11.2. The molecule has 0 radical (unpaired) electrons. The summed E-state index contributed by atoms with van der Waals surface area (Å²) in [4.78, 5) is 11.8. The van der Waals surface area contributed by atoms with Gasteiger partial charge in [-0.05, 0) is 49.9 Å². The molecule has 2 aliphatic rings. The van der Waals surface area contributed by atoms with Crippen LogP contribution in [0.15, 0.2) is 0 Å². The number of carboxylic acid groups (broad SMARTS) is 1. The smallest absolute Gasteiger partial charge is 0.309 e. The lowest BCUT2D eigenvalue weighted by atomic mass is 9.64. The van der Waals surface area contributed by atoms with Crippen molar-refractivity contribution in [2.24, 2.45) is 23.2 Å². The van der Waals surface area contributed by atoms with E-state index in [1.807, 2.05) is 0 Å². The quantitative estimate of drug-likeness (QED) is 0.804. The molecule has 4 unspecified atom stereocenters. The van der Waals surface area contributed by atoms with Crippen LogP contribution in [0.1, 0.15) is 65.2 Å². The Morgan fingerprint density at radius 1 is 1.35 bits per heavy atom. The third-order valence-corrected chi connectivity index (χ3v) is 5.36. The highest BCUT2D eigenvalue weighted by molar-refractivity contribution is 5.75. The minimum atomic E-state index is -0.511. The maximum Gasteiger partial charge on any atom is 0.309 e. The van der Waals surface area contributed by atoms with Crippen molar-refractivity contribution in [2.45, 2.75) is 65.2 Å². The molecule has 0 aromatic carbocycles.